The molecule has 0 radical (unpaired) electrons. The lowest BCUT2D eigenvalue weighted by Gasteiger charge is -2.05. The van der Waals surface area contributed by atoms with Crippen molar-refractivity contribution in [3.63, 3.8) is 0 Å². The van der Waals surface area contributed by atoms with E-state index < -0.39 is 12.5 Å². The third-order valence-corrected chi connectivity index (χ3v) is 1.19. The lowest BCUT2D eigenvalue weighted by atomic mass is 10.2. The maximum Gasteiger partial charge on any atom is 0.227 e. The summed E-state index contributed by atoms with van der Waals surface area (Å²) in [4.78, 5) is 0. The molecule has 0 aromatic heterocycles. The maximum atomic E-state index is 12.2. The molecule has 0 bridgehead atoms. The molecule has 0 saturated heterocycles. The van der Waals surface area contributed by atoms with Crippen LogP contribution in [0.3, 0.4) is 0 Å². The minimum absolute atomic E-state index is 0.0592. The number of allylic oxidation sites excluding steroid dienone is 1. The first-order chi connectivity index (χ1) is 4.68. The van der Waals surface area contributed by atoms with Gasteiger partial charge in [0.25, 0.3) is 0 Å². The van der Waals surface area contributed by atoms with Crippen molar-refractivity contribution in [2.75, 3.05) is 0 Å². The van der Waals surface area contributed by atoms with Crippen molar-refractivity contribution in [2.45, 2.75) is 31.8 Å². The Labute approximate surface area is 59.4 Å². The van der Waals surface area contributed by atoms with Crippen LogP contribution in [0.2, 0.25) is 0 Å². The summed E-state index contributed by atoms with van der Waals surface area (Å²) in [6.07, 6.45) is -1.18. The number of hydrogen-bond donors (Lipinski definition) is 1. The van der Waals surface area contributed by atoms with Crippen molar-refractivity contribution in [3.8, 4) is 0 Å². The second-order valence-corrected chi connectivity index (χ2v) is 2.11. The average Bonchev–Trinajstić information content (AvgIpc) is 1.88. The van der Waals surface area contributed by atoms with E-state index >= 15 is 0 Å². The normalized spacial score (nSPS) is 16.3. The van der Waals surface area contributed by atoms with Gasteiger partial charge in [0.2, 0.25) is 6.36 Å². The highest BCUT2D eigenvalue weighted by Gasteiger charge is 2.15. The number of hydrogen-bond acceptors (Lipinski definition) is 1. The topological polar surface area (TPSA) is 20.2 Å². The second kappa shape index (κ2) is 5.35. The molecular formula is C7H12F2O. The van der Waals surface area contributed by atoms with Gasteiger partial charge in [-0.2, -0.15) is 0 Å². The average molecular weight is 150 g/mol. The van der Waals surface area contributed by atoms with Gasteiger partial charge in [-0.1, -0.05) is 6.08 Å². The van der Waals surface area contributed by atoms with Gasteiger partial charge in [0, 0.05) is 0 Å². The minimum atomic E-state index is -2.33. The largest absolute Gasteiger partial charge is 0.362 e. The summed E-state index contributed by atoms with van der Waals surface area (Å²) in [5, 5.41) is 8.05. The van der Waals surface area contributed by atoms with Crippen molar-refractivity contribution in [2.24, 2.45) is 0 Å². The van der Waals surface area contributed by atoms with Gasteiger partial charge in [0.15, 0.2) is 6.17 Å². The van der Waals surface area contributed by atoms with E-state index in [9.17, 15) is 8.78 Å². The minimum Gasteiger partial charge on any atom is -0.362 e. The highest BCUT2D eigenvalue weighted by molar-refractivity contribution is 4.68. The molecular weight excluding hydrogens is 138 g/mol. The fourth-order valence-corrected chi connectivity index (χ4v) is 0.595. The van der Waals surface area contributed by atoms with E-state index in [1.807, 2.05) is 0 Å². The Kier molecular flexibility index (Phi) is 5.12. The standard InChI is InChI=1S/C7H12F2O/c1-2-3-4-5-6(8)7(9)10/h2,6-7,10H,1,3-5H2. The van der Waals surface area contributed by atoms with E-state index in [1.54, 1.807) is 6.08 Å². The molecule has 0 aliphatic rings. The van der Waals surface area contributed by atoms with Gasteiger partial charge in [-0.05, 0) is 19.3 Å². The number of aliphatic hydroxyl groups excluding tert-OH is 1. The molecule has 1 nitrogen and oxygen atoms in total. The van der Waals surface area contributed by atoms with Crippen LogP contribution in [0, 0.1) is 0 Å². The van der Waals surface area contributed by atoms with Crippen LogP contribution in [-0.2, 0) is 0 Å². The monoisotopic (exact) mass is 150 g/mol. The second-order valence-electron chi connectivity index (χ2n) is 2.11. The first kappa shape index (κ1) is 9.56. The molecule has 0 rings (SSSR count). The van der Waals surface area contributed by atoms with E-state index in [4.69, 9.17) is 5.11 Å². The van der Waals surface area contributed by atoms with E-state index in [0.29, 0.717) is 12.8 Å². The van der Waals surface area contributed by atoms with Crippen LogP contribution in [0.1, 0.15) is 19.3 Å². The van der Waals surface area contributed by atoms with Gasteiger partial charge < -0.3 is 5.11 Å². The van der Waals surface area contributed by atoms with Gasteiger partial charge in [0.1, 0.15) is 0 Å². The molecule has 0 aliphatic carbocycles. The molecule has 0 aliphatic heterocycles. The van der Waals surface area contributed by atoms with Crippen LogP contribution < -0.4 is 0 Å². The molecule has 0 amide bonds. The predicted molar refractivity (Wildman–Crippen MR) is 36.1 cm³/mol. The first-order valence-electron chi connectivity index (χ1n) is 3.25. The molecule has 2 unspecified atom stereocenters. The van der Waals surface area contributed by atoms with Gasteiger partial charge in [0.05, 0.1) is 0 Å². The summed E-state index contributed by atoms with van der Waals surface area (Å²) in [5.41, 5.74) is 0. The molecule has 0 saturated carbocycles. The lowest BCUT2D eigenvalue weighted by molar-refractivity contribution is -0.0305. The van der Waals surface area contributed by atoms with Gasteiger partial charge >= 0.3 is 0 Å². The Morgan fingerprint density at radius 1 is 1.50 bits per heavy atom. The molecule has 3 heteroatoms. The lowest BCUT2D eigenvalue weighted by Crippen LogP contribution is -2.15. The summed E-state index contributed by atoms with van der Waals surface area (Å²) >= 11 is 0. The molecule has 2 atom stereocenters. The number of unbranched alkanes of at least 4 members (excludes halogenated alkanes) is 1. The highest BCUT2D eigenvalue weighted by Crippen LogP contribution is 2.09. The van der Waals surface area contributed by atoms with Crippen LogP contribution >= 0.6 is 0 Å². The van der Waals surface area contributed by atoms with Crippen molar-refractivity contribution in [1.82, 2.24) is 0 Å². The quantitative estimate of drug-likeness (QED) is 0.469. The van der Waals surface area contributed by atoms with Crippen LogP contribution in [-0.4, -0.2) is 17.6 Å². The van der Waals surface area contributed by atoms with E-state index in [0.717, 1.165) is 0 Å². The molecule has 0 aromatic carbocycles. The molecule has 10 heavy (non-hydrogen) atoms. The van der Waals surface area contributed by atoms with Crippen molar-refractivity contribution in [3.05, 3.63) is 12.7 Å². The van der Waals surface area contributed by atoms with Crippen LogP contribution in [0.4, 0.5) is 8.78 Å². The van der Waals surface area contributed by atoms with Crippen molar-refractivity contribution < 1.29 is 13.9 Å². The van der Waals surface area contributed by atoms with Crippen LogP contribution in [0.15, 0.2) is 12.7 Å². The Morgan fingerprint density at radius 3 is 2.50 bits per heavy atom. The summed E-state index contributed by atoms with van der Waals surface area (Å²) in [7, 11) is 0. The highest BCUT2D eigenvalue weighted by atomic mass is 19.2. The number of aliphatic hydroxyl groups is 1. The molecule has 0 fully saturated rings. The fourth-order valence-electron chi connectivity index (χ4n) is 0.595. The van der Waals surface area contributed by atoms with Gasteiger partial charge in [-0.15, -0.1) is 6.58 Å². The summed E-state index contributed by atoms with van der Waals surface area (Å²) in [5.74, 6) is 0. The SMILES string of the molecule is C=CCCCC(F)C(O)F. The molecule has 0 heterocycles. The van der Waals surface area contributed by atoms with Crippen molar-refractivity contribution >= 4 is 0 Å². The Hall–Kier alpha value is -0.440. The molecule has 0 aromatic rings. The zero-order chi connectivity index (χ0) is 7.98. The summed E-state index contributed by atoms with van der Waals surface area (Å²) in [6.45, 7) is 3.42. The fraction of sp³-hybridized carbons (Fsp3) is 0.714. The van der Waals surface area contributed by atoms with Gasteiger partial charge in [-0.25, -0.2) is 8.78 Å². The summed E-state index contributed by atoms with van der Waals surface area (Å²) < 4.78 is 23.9. The summed E-state index contributed by atoms with van der Waals surface area (Å²) in [6, 6.07) is 0. The number of halogens is 2. The predicted octanol–water partition coefficient (Wildman–Crippen LogP) is 1.97. The Bertz CT molecular complexity index is 93.6. The molecule has 0 spiro atoms. The third kappa shape index (κ3) is 4.44. The molecule has 1 N–H and O–H groups in total. The van der Waals surface area contributed by atoms with E-state index in [2.05, 4.69) is 6.58 Å². The van der Waals surface area contributed by atoms with E-state index in [-0.39, 0.29) is 6.42 Å². The number of rotatable bonds is 5. The van der Waals surface area contributed by atoms with Crippen molar-refractivity contribution in [1.29, 1.82) is 0 Å². The van der Waals surface area contributed by atoms with Crippen LogP contribution in [0.5, 0.6) is 0 Å². The Morgan fingerprint density at radius 2 is 2.10 bits per heavy atom. The number of alkyl halides is 2. The third-order valence-electron chi connectivity index (χ3n) is 1.19. The van der Waals surface area contributed by atoms with E-state index in [1.165, 1.54) is 0 Å². The van der Waals surface area contributed by atoms with Gasteiger partial charge in [-0.3, -0.25) is 0 Å². The van der Waals surface area contributed by atoms with Crippen LogP contribution in [0.25, 0.3) is 0 Å². The zero-order valence-electron chi connectivity index (χ0n) is 5.76. The maximum absolute atomic E-state index is 12.2. The Balaban J connectivity index is 3.21. The first-order valence-corrected chi connectivity index (χ1v) is 3.25. The smallest absolute Gasteiger partial charge is 0.227 e. The molecule has 60 valence electrons. The zero-order valence-corrected chi connectivity index (χ0v) is 5.76.